The van der Waals surface area contributed by atoms with E-state index in [-0.39, 0.29) is 11.5 Å². The SMILES string of the molecule is C[C@H](NC(=O)c1ccoc1)C(=O)N1CCC(C(=O)c2cc(F)ccc2F)CC1. The molecule has 1 fully saturated rings. The maximum Gasteiger partial charge on any atom is 0.255 e. The van der Waals surface area contributed by atoms with Crippen LogP contribution in [0.1, 0.15) is 40.5 Å². The second-order valence-electron chi connectivity index (χ2n) is 6.80. The minimum absolute atomic E-state index is 0.259. The molecular weight excluding hydrogens is 370 g/mol. The lowest BCUT2D eigenvalue weighted by Crippen LogP contribution is -2.49. The number of Topliss-reactive ketones (excluding diaryl/α,β-unsaturated/α-hetero) is 1. The summed E-state index contributed by atoms with van der Waals surface area (Å²) in [4.78, 5) is 38.6. The summed E-state index contributed by atoms with van der Waals surface area (Å²) in [6, 6.07) is 3.56. The molecule has 8 heteroatoms. The summed E-state index contributed by atoms with van der Waals surface area (Å²) in [6.45, 7) is 2.19. The molecule has 0 aliphatic carbocycles. The Kier molecular flexibility index (Phi) is 5.87. The van der Waals surface area contributed by atoms with Crippen molar-refractivity contribution in [1.82, 2.24) is 10.2 Å². The van der Waals surface area contributed by atoms with E-state index >= 15 is 0 Å². The van der Waals surface area contributed by atoms with Crippen molar-refractivity contribution in [3.05, 3.63) is 59.6 Å². The van der Waals surface area contributed by atoms with Gasteiger partial charge < -0.3 is 14.6 Å². The first-order valence-electron chi connectivity index (χ1n) is 8.98. The number of carbonyl (C=O) groups excluding carboxylic acids is 3. The van der Waals surface area contributed by atoms with Crippen LogP contribution in [-0.2, 0) is 4.79 Å². The van der Waals surface area contributed by atoms with Crippen LogP contribution in [0.25, 0.3) is 0 Å². The van der Waals surface area contributed by atoms with Crippen LogP contribution < -0.4 is 5.32 Å². The molecular formula is C20H20F2N2O4. The van der Waals surface area contributed by atoms with Crippen molar-refractivity contribution in [3.8, 4) is 0 Å². The molecule has 1 saturated heterocycles. The zero-order valence-corrected chi connectivity index (χ0v) is 15.3. The van der Waals surface area contributed by atoms with E-state index in [1.54, 1.807) is 11.8 Å². The third-order valence-corrected chi connectivity index (χ3v) is 4.87. The fourth-order valence-corrected chi connectivity index (χ4v) is 3.28. The summed E-state index contributed by atoms with van der Waals surface area (Å²) in [7, 11) is 0. The number of amides is 2. The zero-order chi connectivity index (χ0) is 20.3. The predicted octanol–water partition coefficient (Wildman–Crippen LogP) is 2.80. The van der Waals surface area contributed by atoms with E-state index in [2.05, 4.69) is 5.32 Å². The summed E-state index contributed by atoms with van der Waals surface area (Å²) < 4.78 is 32.0. The van der Waals surface area contributed by atoms with Crippen molar-refractivity contribution in [2.75, 3.05) is 13.1 Å². The van der Waals surface area contributed by atoms with Gasteiger partial charge in [-0.3, -0.25) is 14.4 Å². The molecule has 0 spiro atoms. The van der Waals surface area contributed by atoms with Gasteiger partial charge in [0.05, 0.1) is 17.4 Å². The number of furan rings is 1. The molecule has 0 bridgehead atoms. The fourth-order valence-electron chi connectivity index (χ4n) is 3.28. The van der Waals surface area contributed by atoms with Crippen LogP contribution in [0.3, 0.4) is 0 Å². The molecule has 2 amide bonds. The number of hydrogen-bond acceptors (Lipinski definition) is 4. The van der Waals surface area contributed by atoms with E-state index in [9.17, 15) is 23.2 Å². The van der Waals surface area contributed by atoms with Crippen molar-refractivity contribution in [2.24, 2.45) is 5.92 Å². The first-order chi connectivity index (χ1) is 13.4. The van der Waals surface area contributed by atoms with Gasteiger partial charge in [-0.2, -0.15) is 0 Å². The fraction of sp³-hybridized carbons (Fsp3) is 0.350. The average Bonchev–Trinajstić information content (AvgIpc) is 3.24. The van der Waals surface area contributed by atoms with Crippen LogP contribution in [0.4, 0.5) is 8.78 Å². The van der Waals surface area contributed by atoms with Gasteiger partial charge in [-0.15, -0.1) is 0 Å². The lowest BCUT2D eigenvalue weighted by atomic mass is 9.88. The Morgan fingerprint density at radius 1 is 1.18 bits per heavy atom. The number of nitrogens with one attached hydrogen (secondary N) is 1. The number of halogens is 2. The third-order valence-electron chi connectivity index (χ3n) is 4.87. The molecule has 0 radical (unpaired) electrons. The van der Waals surface area contributed by atoms with Crippen molar-refractivity contribution in [2.45, 2.75) is 25.8 Å². The maximum absolute atomic E-state index is 13.8. The number of carbonyl (C=O) groups is 3. The third kappa shape index (κ3) is 4.27. The summed E-state index contributed by atoms with van der Waals surface area (Å²) >= 11 is 0. The second kappa shape index (κ2) is 8.33. The van der Waals surface area contributed by atoms with Gasteiger partial charge in [0.2, 0.25) is 5.91 Å². The molecule has 3 rings (SSSR count). The number of rotatable bonds is 5. The van der Waals surface area contributed by atoms with E-state index in [1.165, 1.54) is 18.6 Å². The first kappa shape index (κ1) is 19.7. The summed E-state index contributed by atoms with van der Waals surface area (Å²) in [5.41, 5.74) is 0.0617. The molecule has 148 valence electrons. The standard InChI is InChI=1S/C20H20F2N2O4/c1-12(23-19(26)14-6-9-28-11-14)20(27)24-7-4-13(5-8-24)18(25)16-10-15(21)2-3-17(16)22/h2-3,6,9-13H,4-5,7-8H2,1H3,(H,23,26)/t12-/m0/s1. The van der Waals surface area contributed by atoms with Gasteiger partial charge in [0.15, 0.2) is 5.78 Å². The van der Waals surface area contributed by atoms with Crippen molar-refractivity contribution in [1.29, 1.82) is 0 Å². The molecule has 0 saturated carbocycles. The van der Waals surface area contributed by atoms with Gasteiger partial charge in [0.1, 0.15) is 23.9 Å². The van der Waals surface area contributed by atoms with Crippen LogP contribution in [0, 0.1) is 17.6 Å². The molecule has 1 aromatic heterocycles. The Morgan fingerprint density at radius 2 is 1.89 bits per heavy atom. The van der Waals surface area contributed by atoms with E-state index < -0.39 is 35.3 Å². The van der Waals surface area contributed by atoms with Gasteiger partial charge in [-0.25, -0.2) is 8.78 Å². The van der Waals surface area contributed by atoms with Crippen LogP contribution in [0.2, 0.25) is 0 Å². The summed E-state index contributed by atoms with van der Waals surface area (Å²) in [5, 5.41) is 2.60. The zero-order valence-electron chi connectivity index (χ0n) is 15.3. The minimum atomic E-state index is -0.750. The average molecular weight is 390 g/mol. The highest BCUT2D eigenvalue weighted by Gasteiger charge is 2.31. The first-order valence-corrected chi connectivity index (χ1v) is 8.98. The Morgan fingerprint density at radius 3 is 2.54 bits per heavy atom. The summed E-state index contributed by atoms with van der Waals surface area (Å²) in [6.07, 6.45) is 3.35. The van der Waals surface area contributed by atoms with Gasteiger partial charge >= 0.3 is 0 Å². The number of benzene rings is 1. The molecule has 2 heterocycles. The molecule has 1 aromatic carbocycles. The monoisotopic (exact) mass is 390 g/mol. The molecule has 1 N–H and O–H groups in total. The molecule has 2 aromatic rings. The smallest absolute Gasteiger partial charge is 0.255 e. The van der Waals surface area contributed by atoms with E-state index in [1.807, 2.05) is 0 Å². The van der Waals surface area contributed by atoms with Crippen molar-refractivity contribution in [3.63, 3.8) is 0 Å². The number of likely N-dealkylation sites (tertiary alicyclic amines) is 1. The lowest BCUT2D eigenvalue weighted by molar-refractivity contribution is -0.134. The number of hydrogen-bond donors (Lipinski definition) is 1. The van der Waals surface area contributed by atoms with Crippen LogP contribution in [0.5, 0.6) is 0 Å². The van der Waals surface area contributed by atoms with Crippen molar-refractivity contribution < 1.29 is 27.6 Å². The van der Waals surface area contributed by atoms with Crippen molar-refractivity contribution >= 4 is 17.6 Å². The van der Waals surface area contributed by atoms with Gasteiger partial charge in [-0.1, -0.05) is 0 Å². The molecule has 28 heavy (non-hydrogen) atoms. The highest BCUT2D eigenvalue weighted by atomic mass is 19.1. The van der Waals surface area contributed by atoms with Gasteiger partial charge in [0.25, 0.3) is 5.91 Å². The normalized spacial score (nSPS) is 15.9. The van der Waals surface area contributed by atoms with E-state index in [0.29, 0.717) is 31.5 Å². The molecule has 1 aliphatic rings. The second-order valence-corrected chi connectivity index (χ2v) is 6.80. The predicted molar refractivity (Wildman–Crippen MR) is 95.6 cm³/mol. The molecule has 0 unspecified atom stereocenters. The maximum atomic E-state index is 13.8. The van der Waals surface area contributed by atoms with E-state index in [4.69, 9.17) is 4.42 Å². The number of nitrogens with zero attached hydrogens (tertiary/aromatic N) is 1. The van der Waals surface area contributed by atoms with Crippen LogP contribution in [0.15, 0.2) is 41.2 Å². The number of piperidine rings is 1. The van der Waals surface area contributed by atoms with Crippen LogP contribution in [-0.4, -0.2) is 41.6 Å². The van der Waals surface area contributed by atoms with Gasteiger partial charge in [-0.05, 0) is 44.0 Å². The largest absolute Gasteiger partial charge is 0.472 e. The van der Waals surface area contributed by atoms with E-state index in [0.717, 1.165) is 18.2 Å². The Labute approximate surface area is 160 Å². The molecule has 1 atom stereocenters. The highest BCUT2D eigenvalue weighted by Crippen LogP contribution is 2.24. The van der Waals surface area contributed by atoms with Crippen LogP contribution >= 0.6 is 0 Å². The molecule has 6 nitrogen and oxygen atoms in total. The van der Waals surface area contributed by atoms with Gasteiger partial charge in [0, 0.05) is 19.0 Å². The Balaban J connectivity index is 1.55. The minimum Gasteiger partial charge on any atom is -0.472 e. The Bertz CT molecular complexity index is 874. The highest BCUT2D eigenvalue weighted by molar-refractivity contribution is 5.99. The molecule has 1 aliphatic heterocycles. The topological polar surface area (TPSA) is 79.6 Å². The Hall–Kier alpha value is -3.03. The quantitative estimate of drug-likeness (QED) is 0.797. The number of ketones is 1. The summed E-state index contributed by atoms with van der Waals surface area (Å²) in [5.74, 6) is -3.03. The lowest BCUT2D eigenvalue weighted by Gasteiger charge is -2.33.